The van der Waals surface area contributed by atoms with Gasteiger partial charge in [-0.3, -0.25) is 0 Å². The fourth-order valence-corrected chi connectivity index (χ4v) is 0.789. The van der Waals surface area contributed by atoms with Crippen molar-refractivity contribution in [2.24, 2.45) is 0 Å². The molecule has 0 aliphatic rings. The Morgan fingerprint density at radius 2 is 2.27 bits per heavy atom. The van der Waals surface area contributed by atoms with E-state index in [-0.39, 0.29) is 5.75 Å². The molecule has 3 N–H and O–H groups in total. The molecule has 1 aromatic rings. The molecule has 0 fully saturated rings. The molecule has 0 saturated carbocycles. The van der Waals surface area contributed by atoms with Gasteiger partial charge < -0.3 is 15.6 Å². The first-order valence-corrected chi connectivity index (χ1v) is 3.45. The maximum absolute atomic E-state index is 9.03. The van der Waals surface area contributed by atoms with Crippen LogP contribution in [0.4, 0.5) is 5.69 Å². The molecule has 60 valence electrons. The van der Waals surface area contributed by atoms with Crippen LogP contribution in [0.15, 0.2) is 18.2 Å². The predicted molar refractivity (Wildman–Crippen MR) is 43.7 cm³/mol. The first-order chi connectivity index (χ1) is 5.24. The largest absolute Gasteiger partial charge is 0.506 e. The Morgan fingerprint density at radius 1 is 1.55 bits per heavy atom. The van der Waals surface area contributed by atoms with Crippen molar-refractivity contribution in [1.82, 2.24) is 0 Å². The number of rotatable bonds is 2. The summed E-state index contributed by atoms with van der Waals surface area (Å²) in [4.78, 5) is 0. The van der Waals surface area contributed by atoms with Gasteiger partial charge in [-0.25, -0.2) is 0 Å². The van der Waals surface area contributed by atoms with Gasteiger partial charge in [0.1, 0.15) is 11.5 Å². The molecule has 0 radical (unpaired) electrons. The minimum absolute atomic E-state index is 0.0912. The molecule has 0 aromatic heterocycles. The lowest BCUT2D eigenvalue weighted by molar-refractivity contribution is 0.339. The molecule has 0 aliphatic heterocycles. The second kappa shape index (κ2) is 3.14. The summed E-state index contributed by atoms with van der Waals surface area (Å²) in [7, 11) is 0. The van der Waals surface area contributed by atoms with Crippen molar-refractivity contribution in [3.05, 3.63) is 18.2 Å². The van der Waals surface area contributed by atoms with E-state index in [0.29, 0.717) is 18.0 Å². The van der Waals surface area contributed by atoms with Gasteiger partial charge in [-0.15, -0.1) is 0 Å². The van der Waals surface area contributed by atoms with E-state index < -0.39 is 0 Å². The standard InChI is InChI=1S/C8H11NO2/c1-2-11-6-3-4-8(10)7(9)5-6/h3-5,10H,2,9H2,1H3. The van der Waals surface area contributed by atoms with E-state index in [9.17, 15) is 0 Å². The van der Waals surface area contributed by atoms with Crippen LogP contribution in [-0.2, 0) is 0 Å². The van der Waals surface area contributed by atoms with Gasteiger partial charge in [0.25, 0.3) is 0 Å². The zero-order valence-corrected chi connectivity index (χ0v) is 6.37. The van der Waals surface area contributed by atoms with E-state index in [0.717, 1.165) is 0 Å². The minimum atomic E-state index is 0.0912. The maximum atomic E-state index is 9.03. The Kier molecular flexibility index (Phi) is 2.21. The van der Waals surface area contributed by atoms with Gasteiger partial charge in [0, 0.05) is 6.07 Å². The summed E-state index contributed by atoms with van der Waals surface area (Å²) in [5, 5.41) is 9.03. The number of nitrogen functional groups attached to an aromatic ring is 1. The van der Waals surface area contributed by atoms with Gasteiger partial charge in [0.15, 0.2) is 0 Å². The molecule has 0 atom stereocenters. The number of phenolic OH excluding ortho intramolecular Hbond substituents is 1. The van der Waals surface area contributed by atoms with E-state index in [2.05, 4.69) is 0 Å². The second-order valence-corrected chi connectivity index (χ2v) is 2.15. The first kappa shape index (κ1) is 7.72. The fourth-order valence-electron chi connectivity index (χ4n) is 0.789. The molecule has 1 rings (SSSR count). The summed E-state index contributed by atoms with van der Waals surface area (Å²) in [6.07, 6.45) is 0. The van der Waals surface area contributed by atoms with Crippen LogP contribution < -0.4 is 10.5 Å². The highest BCUT2D eigenvalue weighted by Gasteiger charge is 1.97. The molecule has 0 spiro atoms. The number of ether oxygens (including phenoxy) is 1. The smallest absolute Gasteiger partial charge is 0.138 e. The molecule has 0 aliphatic carbocycles. The SMILES string of the molecule is CCOc1ccc(O)c(N)c1. The quantitative estimate of drug-likeness (QED) is 0.498. The molecule has 0 bridgehead atoms. The average molecular weight is 153 g/mol. The lowest BCUT2D eigenvalue weighted by atomic mass is 10.3. The van der Waals surface area contributed by atoms with Crippen LogP contribution in [-0.4, -0.2) is 11.7 Å². The Hall–Kier alpha value is -1.38. The summed E-state index contributed by atoms with van der Waals surface area (Å²) < 4.78 is 5.15. The maximum Gasteiger partial charge on any atom is 0.138 e. The summed E-state index contributed by atoms with van der Waals surface area (Å²) in [5.41, 5.74) is 5.76. The number of phenols is 1. The third kappa shape index (κ3) is 1.77. The topological polar surface area (TPSA) is 55.5 Å². The second-order valence-electron chi connectivity index (χ2n) is 2.15. The number of benzene rings is 1. The van der Waals surface area contributed by atoms with Crippen LogP contribution in [0.25, 0.3) is 0 Å². The highest BCUT2D eigenvalue weighted by molar-refractivity contribution is 5.55. The highest BCUT2D eigenvalue weighted by atomic mass is 16.5. The van der Waals surface area contributed by atoms with Crippen LogP contribution >= 0.6 is 0 Å². The van der Waals surface area contributed by atoms with Crippen molar-refractivity contribution in [2.45, 2.75) is 6.92 Å². The lowest BCUT2D eigenvalue weighted by Gasteiger charge is -2.03. The molecule has 11 heavy (non-hydrogen) atoms. The number of nitrogens with two attached hydrogens (primary N) is 1. The first-order valence-electron chi connectivity index (χ1n) is 3.45. The summed E-state index contributed by atoms with van der Waals surface area (Å²) in [5.74, 6) is 0.774. The van der Waals surface area contributed by atoms with Gasteiger partial charge >= 0.3 is 0 Å². The summed E-state index contributed by atoms with van der Waals surface area (Å²) in [6, 6.07) is 4.79. The zero-order chi connectivity index (χ0) is 8.27. The van der Waals surface area contributed by atoms with Crippen molar-refractivity contribution in [3.63, 3.8) is 0 Å². The molecule has 0 amide bonds. The van der Waals surface area contributed by atoms with Crippen molar-refractivity contribution in [2.75, 3.05) is 12.3 Å². The Bertz CT molecular complexity index is 248. The van der Waals surface area contributed by atoms with E-state index in [1.54, 1.807) is 12.1 Å². The number of aromatic hydroxyl groups is 1. The molecule has 3 nitrogen and oxygen atoms in total. The summed E-state index contributed by atoms with van der Waals surface area (Å²) in [6.45, 7) is 2.49. The van der Waals surface area contributed by atoms with E-state index in [1.807, 2.05) is 6.92 Å². The number of hydrogen-bond acceptors (Lipinski definition) is 3. The lowest BCUT2D eigenvalue weighted by Crippen LogP contribution is -1.92. The zero-order valence-electron chi connectivity index (χ0n) is 6.37. The highest BCUT2D eigenvalue weighted by Crippen LogP contribution is 2.24. The Morgan fingerprint density at radius 3 is 2.82 bits per heavy atom. The van der Waals surface area contributed by atoms with Crippen LogP contribution in [0.5, 0.6) is 11.5 Å². The average Bonchev–Trinajstić information content (AvgIpc) is 1.98. The minimum Gasteiger partial charge on any atom is -0.506 e. The van der Waals surface area contributed by atoms with Crippen LogP contribution in [0, 0.1) is 0 Å². The van der Waals surface area contributed by atoms with Gasteiger partial charge in [-0.05, 0) is 19.1 Å². The van der Waals surface area contributed by atoms with Crippen molar-refractivity contribution >= 4 is 5.69 Å². The molecule has 3 heteroatoms. The third-order valence-electron chi connectivity index (χ3n) is 1.31. The predicted octanol–water partition coefficient (Wildman–Crippen LogP) is 1.37. The Labute approximate surface area is 65.4 Å². The molecule has 0 saturated heterocycles. The Balaban J connectivity index is 2.86. The van der Waals surface area contributed by atoms with Crippen molar-refractivity contribution < 1.29 is 9.84 Å². The molecule has 0 heterocycles. The number of hydrogen-bond donors (Lipinski definition) is 2. The molecule has 1 aromatic carbocycles. The van der Waals surface area contributed by atoms with Gasteiger partial charge in [-0.1, -0.05) is 0 Å². The van der Waals surface area contributed by atoms with E-state index in [1.165, 1.54) is 6.07 Å². The summed E-state index contributed by atoms with van der Waals surface area (Å²) >= 11 is 0. The third-order valence-corrected chi connectivity index (χ3v) is 1.31. The molecular weight excluding hydrogens is 142 g/mol. The van der Waals surface area contributed by atoms with Crippen molar-refractivity contribution in [3.8, 4) is 11.5 Å². The van der Waals surface area contributed by atoms with Gasteiger partial charge in [0.05, 0.1) is 12.3 Å². The van der Waals surface area contributed by atoms with Crippen LogP contribution in [0.2, 0.25) is 0 Å². The fraction of sp³-hybridized carbons (Fsp3) is 0.250. The van der Waals surface area contributed by atoms with E-state index in [4.69, 9.17) is 15.6 Å². The number of anilines is 1. The molecule has 0 unspecified atom stereocenters. The van der Waals surface area contributed by atoms with Gasteiger partial charge in [-0.2, -0.15) is 0 Å². The van der Waals surface area contributed by atoms with Gasteiger partial charge in [0.2, 0.25) is 0 Å². The monoisotopic (exact) mass is 153 g/mol. The molecular formula is C8H11NO2. The normalized spacial score (nSPS) is 9.55. The van der Waals surface area contributed by atoms with E-state index >= 15 is 0 Å². The van der Waals surface area contributed by atoms with Crippen LogP contribution in [0.1, 0.15) is 6.92 Å². The van der Waals surface area contributed by atoms with Crippen molar-refractivity contribution in [1.29, 1.82) is 0 Å². The van der Waals surface area contributed by atoms with Crippen LogP contribution in [0.3, 0.4) is 0 Å².